The molecule has 18 heavy (non-hydrogen) atoms. The quantitative estimate of drug-likeness (QED) is 0.336. The number of oxime groups is 1. The standard InChI is InChI=1S/C9H13N7O2/c1-5-6(7(10)14-17)8(16(3)12-5)18-9-11-4-15(2)13-9/h4,17H,1-3H3,(H2,10,14). The third-order valence-electron chi connectivity index (χ3n) is 2.30. The first-order chi connectivity index (χ1) is 8.52. The maximum Gasteiger partial charge on any atom is 0.342 e. The zero-order valence-corrected chi connectivity index (χ0v) is 10.2. The van der Waals surface area contributed by atoms with Gasteiger partial charge in [-0.25, -0.2) is 4.68 Å². The van der Waals surface area contributed by atoms with Crippen molar-refractivity contribution in [2.45, 2.75) is 6.92 Å². The molecule has 3 N–H and O–H groups in total. The van der Waals surface area contributed by atoms with E-state index in [1.807, 2.05) is 0 Å². The number of ether oxygens (including phenoxy) is 1. The molecule has 0 spiro atoms. The minimum absolute atomic E-state index is 0.0773. The zero-order chi connectivity index (χ0) is 13.3. The fraction of sp³-hybridized carbons (Fsp3) is 0.333. The summed E-state index contributed by atoms with van der Waals surface area (Å²) in [5.74, 6) is 0.237. The van der Waals surface area contributed by atoms with Crippen LogP contribution in [-0.2, 0) is 14.1 Å². The number of amidine groups is 1. The largest absolute Gasteiger partial charge is 0.409 e. The maximum atomic E-state index is 8.75. The lowest BCUT2D eigenvalue weighted by Crippen LogP contribution is -2.15. The first kappa shape index (κ1) is 11.9. The Morgan fingerprint density at radius 1 is 1.44 bits per heavy atom. The summed E-state index contributed by atoms with van der Waals surface area (Å²) < 4.78 is 8.46. The molecule has 2 aromatic heterocycles. The molecule has 96 valence electrons. The molecule has 0 radical (unpaired) electrons. The molecule has 0 fully saturated rings. The number of aromatic nitrogens is 5. The lowest BCUT2D eigenvalue weighted by atomic mass is 10.2. The van der Waals surface area contributed by atoms with Crippen LogP contribution in [0.25, 0.3) is 0 Å². The van der Waals surface area contributed by atoms with Crippen molar-refractivity contribution in [2.24, 2.45) is 25.0 Å². The van der Waals surface area contributed by atoms with Crippen LogP contribution >= 0.6 is 0 Å². The van der Waals surface area contributed by atoms with Gasteiger partial charge in [0.2, 0.25) is 5.88 Å². The van der Waals surface area contributed by atoms with Gasteiger partial charge in [0.05, 0.1) is 5.69 Å². The molecular formula is C9H13N7O2. The van der Waals surface area contributed by atoms with E-state index >= 15 is 0 Å². The Hall–Kier alpha value is -2.58. The lowest BCUT2D eigenvalue weighted by molar-refractivity contribution is 0.318. The lowest BCUT2D eigenvalue weighted by Gasteiger charge is -2.04. The fourth-order valence-corrected chi connectivity index (χ4v) is 1.55. The molecule has 9 heteroatoms. The van der Waals surface area contributed by atoms with Gasteiger partial charge in [0.15, 0.2) is 5.84 Å². The Balaban J connectivity index is 2.44. The second kappa shape index (κ2) is 4.35. The first-order valence-electron chi connectivity index (χ1n) is 5.08. The van der Waals surface area contributed by atoms with Crippen LogP contribution in [0.2, 0.25) is 0 Å². The number of hydrogen-bond donors (Lipinski definition) is 2. The third kappa shape index (κ3) is 1.97. The van der Waals surface area contributed by atoms with E-state index in [9.17, 15) is 0 Å². The van der Waals surface area contributed by atoms with Gasteiger partial charge in [-0.2, -0.15) is 10.1 Å². The Morgan fingerprint density at radius 3 is 2.72 bits per heavy atom. The summed E-state index contributed by atoms with van der Waals surface area (Å²) >= 11 is 0. The monoisotopic (exact) mass is 251 g/mol. The van der Waals surface area contributed by atoms with Crippen molar-refractivity contribution in [2.75, 3.05) is 0 Å². The van der Waals surface area contributed by atoms with E-state index in [-0.39, 0.29) is 11.8 Å². The van der Waals surface area contributed by atoms with Gasteiger partial charge in [0, 0.05) is 14.1 Å². The number of hydrogen-bond acceptors (Lipinski definition) is 6. The predicted molar refractivity (Wildman–Crippen MR) is 61.5 cm³/mol. The average Bonchev–Trinajstić information content (AvgIpc) is 2.84. The summed E-state index contributed by atoms with van der Waals surface area (Å²) in [7, 11) is 3.40. The number of nitrogens with two attached hydrogens (primary N) is 1. The van der Waals surface area contributed by atoms with E-state index in [1.165, 1.54) is 15.7 Å². The third-order valence-corrected chi connectivity index (χ3v) is 2.30. The highest BCUT2D eigenvalue weighted by atomic mass is 16.5. The molecule has 0 aliphatic rings. The van der Waals surface area contributed by atoms with Gasteiger partial charge in [-0.05, 0) is 6.92 Å². The van der Waals surface area contributed by atoms with Crippen LogP contribution in [0.15, 0.2) is 11.5 Å². The summed E-state index contributed by atoms with van der Waals surface area (Å²) in [5, 5.41) is 19.8. The van der Waals surface area contributed by atoms with Crippen LogP contribution in [0.3, 0.4) is 0 Å². The molecule has 0 aromatic carbocycles. The molecule has 0 aliphatic heterocycles. The molecule has 2 aromatic rings. The van der Waals surface area contributed by atoms with Crippen molar-refractivity contribution >= 4 is 5.84 Å². The van der Waals surface area contributed by atoms with Crippen LogP contribution in [0, 0.1) is 6.92 Å². The summed E-state index contributed by atoms with van der Waals surface area (Å²) in [4.78, 5) is 3.93. The van der Waals surface area contributed by atoms with Crippen LogP contribution in [0.5, 0.6) is 11.9 Å². The van der Waals surface area contributed by atoms with Crippen molar-refractivity contribution in [3.05, 3.63) is 17.6 Å². The van der Waals surface area contributed by atoms with Crippen molar-refractivity contribution in [1.82, 2.24) is 24.5 Å². The van der Waals surface area contributed by atoms with Crippen LogP contribution in [-0.4, -0.2) is 35.6 Å². The highest BCUT2D eigenvalue weighted by molar-refractivity contribution is 6.00. The highest BCUT2D eigenvalue weighted by Gasteiger charge is 2.20. The normalized spacial score (nSPS) is 11.8. The average molecular weight is 251 g/mol. The Labute approximate surface area is 102 Å². The molecule has 0 saturated carbocycles. The molecule has 2 heterocycles. The second-order valence-electron chi connectivity index (χ2n) is 3.68. The van der Waals surface area contributed by atoms with E-state index in [4.69, 9.17) is 15.7 Å². The topological polar surface area (TPSA) is 116 Å². The van der Waals surface area contributed by atoms with Gasteiger partial charge in [0.25, 0.3) is 0 Å². The van der Waals surface area contributed by atoms with E-state index in [0.717, 1.165) is 0 Å². The Morgan fingerprint density at radius 2 is 2.17 bits per heavy atom. The minimum atomic E-state index is -0.0773. The molecule has 0 saturated heterocycles. The molecule has 0 unspecified atom stereocenters. The predicted octanol–water partition coefficient (Wildman–Crippen LogP) is -0.256. The molecule has 0 aliphatic carbocycles. The van der Waals surface area contributed by atoms with Gasteiger partial charge in [-0.15, -0.1) is 5.10 Å². The first-order valence-corrected chi connectivity index (χ1v) is 5.08. The van der Waals surface area contributed by atoms with Gasteiger partial charge >= 0.3 is 6.01 Å². The maximum absolute atomic E-state index is 8.75. The molecule has 0 bridgehead atoms. The zero-order valence-electron chi connectivity index (χ0n) is 10.2. The van der Waals surface area contributed by atoms with Crippen LogP contribution < -0.4 is 10.5 Å². The molecular weight excluding hydrogens is 238 g/mol. The molecule has 2 rings (SSSR count). The minimum Gasteiger partial charge on any atom is -0.409 e. The van der Waals surface area contributed by atoms with Crippen LogP contribution in [0.1, 0.15) is 11.3 Å². The molecule has 0 atom stereocenters. The van der Waals surface area contributed by atoms with Gasteiger partial charge < -0.3 is 15.7 Å². The molecule has 0 amide bonds. The van der Waals surface area contributed by atoms with Gasteiger partial charge in [-0.3, -0.25) is 4.68 Å². The number of aryl methyl sites for hydroxylation is 3. The van der Waals surface area contributed by atoms with E-state index < -0.39 is 0 Å². The van der Waals surface area contributed by atoms with Crippen molar-refractivity contribution in [3.8, 4) is 11.9 Å². The van der Waals surface area contributed by atoms with E-state index in [1.54, 1.807) is 21.0 Å². The van der Waals surface area contributed by atoms with Crippen LogP contribution in [0.4, 0.5) is 0 Å². The second-order valence-corrected chi connectivity index (χ2v) is 3.68. The van der Waals surface area contributed by atoms with Gasteiger partial charge in [-0.1, -0.05) is 5.16 Å². The summed E-state index contributed by atoms with van der Waals surface area (Å²) in [5.41, 5.74) is 6.58. The van der Waals surface area contributed by atoms with Crippen molar-refractivity contribution < 1.29 is 9.94 Å². The Kier molecular flexibility index (Phi) is 2.88. The highest BCUT2D eigenvalue weighted by Crippen LogP contribution is 2.24. The number of nitrogens with zero attached hydrogens (tertiary/aromatic N) is 6. The fourth-order valence-electron chi connectivity index (χ4n) is 1.55. The van der Waals surface area contributed by atoms with Gasteiger partial charge in [0.1, 0.15) is 11.9 Å². The van der Waals surface area contributed by atoms with Crippen molar-refractivity contribution in [3.63, 3.8) is 0 Å². The summed E-state index contributed by atoms with van der Waals surface area (Å²) in [6.45, 7) is 1.73. The molecule has 9 nitrogen and oxygen atoms in total. The number of rotatable bonds is 3. The summed E-state index contributed by atoms with van der Waals surface area (Å²) in [6, 6.07) is 0.160. The summed E-state index contributed by atoms with van der Waals surface area (Å²) in [6.07, 6.45) is 1.50. The van der Waals surface area contributed by atoms with E-state index in [2.05, 4.69) is 20.3 Å². The van der Waals surface area contributed by atoms with Crippen molar-refractivity contribution in [1.29, 1.82) is 0 Å². The van der Waals surface area contributed by atoms with E-state index in [0.29, 0.717) is 17.1 Å². The smallest absolute Gasteiger partial charge is 0.342 e. The Bertz CT molecular complexity index is 598. The SMILES string of the molecule is Cc1nn(C)c(Oc2ncn(C)n2)c1C(N)=NO.